The molecule has 92 valence electrons. The maximum Gasteiger partial charge on any atom is 0.305 e. The summed E-state index contributed by atoms with van der Waals surface area (Å²) in [6, 6.07) is 6.89. The highest BCUT2D eigenvalue weighted by atomic mass is 16.4. The van der Waals surface area contributed by atoms with Crippen molar-refractivity contribution in [1.29, 1.82) is 0 Å². The van der Waals surface area contributed by atoms with E-state index in [1.165, 1.54) is 0 Å². The molecule has 1 aliphatic heterocycles. The molecule has 0 aliphatic carbocycles. The van der Waals surface area contributed by atoms with Crippen LogP contribution in [0.25, 0.3) is 0 Å². The highest BCUT2D eigenvalue weighted by molar-refractivity contribution is 5.68. The summed E-state index contributed by atoms with van der Waals surface area (Å²) in [5, 5.41) is 24.4. The molecule has 0 saturated carbocycles. The van der Waals surface area contributed by atoms with E-state index in [0.29, 0.717) is 19.6 Å². The Balaban J connectivity index is 1.92. The number of aliphatic carboxylic acids is 1. The van der Waals surface area contributed by atoms with Gasteiger partial charge in [0.15, 0.2) is 0 Å². The Kier molecular flexibility index (Phi) is 3.31. The zero-order valence-corrected chi connectivity index (χ0v) is 9.44. The number of hydrogen-bond acceptors (Lipinski definition) is 4. The molecule has 1 saturated heterocycles. The third kappa shape index (κ3) is 2.95. The Hall–Kier alpha value is -1.59. The minimum Gasteiger partial charge on any atom is -0.508 e. The quantitative estimate of drug-likeness (QED) is 0.591. The van der Waals surface area contributed by atoms with Crippen LogP contribution in [0.3, 0.4) is 0 Å². The number of phenolic OH excluding ortho intramolecular Hbond substituents is 1. The SMILES string of the molecule is O=C(O)CC1(NCc2ccc(O)cc2)CNC1. The predicted molar refractivity (Wildman–Crippen MR) is 62.8 cm³/mol. The van der Waals surface area contributed by atoms with Gasteiger partial charge in [0, 0.05) is 19.6 Å². The monoisotopic (exact) mass is 236 g/mol. The van der Waals surface area contributed by atoms with Crippen LogP contribution in [0, 0.1) is 0 Å². The first kappa shape index (κ1) is 11.9. The third-order valence-electron chi connectivity index (χ3n) is 3.02. The Morgan fingerprint density at radius 3 is 2.47 bits per heavy atom. The van der Waals surface area contributed by atoms with Gasteiger partial charge in [0.1, 0.15) is 5.75 Å². The van der Waals surface area contributed by atoms with E-state index in [1.807, 2.05) is 12.1 Å². The van der Waals surface area contributed by atoms with Gasteiger partial charge in [-0.05, 0) is 17.7 Å². The maximum absolute atomic E-state index is 10.8. The molecule has 2 rings (SSSR count). The van der Waals surface area contributed by atoms with Crippen molar-refractivity contribution in [2.75, 3.05) is 13.1 Å². The molecule has 0 amide bonds. The van der Waals surface area contributed by atoms with Gasteiger partial charge in [0.05, 0.1) is 12.0 Å². The van der Waals surface area contributed by atoms with Crippen molar-refractivity contribution in [1.82, 2.24) is 10.6 Å². The van der Waals surface area contributed by atoms with Crippen molar-refractivity contribution in [2.45, 2.75) is 18.5 Å². The van der Waals surface area contributed by atoms with Crippen molar-refractivity contribution in [3.8, 4) is 5.75 Å². The summed E-state index contributed by atoms with van der Waals surface area (Å²) in [6.45, 7) is 1.96. The zero-order valence-electron chi connectivity index (χ0n) is 9.44. The number of benzene rings is 1. The van der Waals surface area contributed by atoms with Crippen LogP contribution in [0.1, 0.15) is 12.0 Å². The Bertz CT molecular complexity index is 399. The number of hydrogen-bond donors (Lipinski definition) is 4. The van der Waals surface area contributed by atoms with Gasteiger partial charge in [-0.2, -0.15) is 0 Å². The number of carbonyl (C=O) groups is 1. The van der Waals surface area contributed by atoms with E-state index >= 15 is 0 Å². The minimum atomic E-state index is -0.787. The molecular formula is C12H16N2O3. The highest BCUT2D eigenvalue weighted by Gasteiger charge is 2.38. The largest absolute Gasteiger partial charge is 0.508 e. The second kappa shape index (κ2) is 4.73. The molecule has 1 aromatic rings. The minimum absolute atomic E-state index is 0.123. The van der Waals surface area contributed by atoms with E-state index in [1.54, 1.807) is 12.1 Å². The van der Waals surface area contributed by atoms with Crippen LogP contribution in [-0.2, 0) is 11.3 Å². The lowest BCUT2D eigenvalue weighted by atomic mass is 9.88. The fourth-order valence-electron chi connectivity index (χ4n) is 1.93. The van der Waals surface area contributed by atoms with Gasteiger partial charge in [0.25, 0.3) is 0 Å². The lowest BCUT2D eigenvalue weighted by molar-refractivity contribution is -0.139. The molecule has 17 heavy (non-hydrogen) atoms. The van der Waals surface area contributed by atoms with E-state index in [2.05, 4.69) is 10.6 Å². The summed E-state index contributed by atoms with van der Waals surface area (Å²) in [4.78, 5) is 10.8. The molecule has 1 aliphatic rings. The average molecular weight is 236 g/mol. The van der Waals surface area contributed by atoms with E-state index in [0.717, 1.165) is 5.56 Å². The first-order valence-corrected chi connectivity index (χ1v) is 5.55. The van der Waals surface area contributed by atoms with Crippen LogP contribution in [0.15, 0.2) is 24.3 Å². The Labute approximate surface area is 99.5 Å². The first-order chi connectivity index (χ1) is 8.10. The summed E-state index contributed by atoms with van der Waals surface area (Å²) >= 11 is 0. The van der Waals surface area contributed by atoms with E-state index in [4.69, 9.17) is 10.2 Å². The number of rotatable bonds is 5. The molecule has 0 spiro atoms. The number of carboxylic acid groups (broad SMARTS) is 1. The lowest BCUT2D eigenvalue weighted by Gasteiger charge is -2.42. The lowest BCUT2D eigenvalue weighted by Crippen LogP contribution is -2.68. The van der Waals surface area contributed by atoms with Gasteiger partial charge < -0.3 is 20.8 Å². The van der Waals surface area contributed by atoms with Crippen LogP contribution in [-0.4, -0.2) is 34.8 Å². The van der Waals surface area contributed by atoms with Gasteiger partial charge in [0.2, 0.25) is 0 Å². The van der Waals surface area contributed by atoms with E-state index in [-0.39, 0.29) is 17.7 Å². The second-order valence-corrected chi connectivity index (χ2v) is 4.47. The molecule has 0 atom stereocenters. The molecule has 0 unspecified atom stereocenters. The first-order valence-electron chi connectivity index (χ1n) is 5.55. The van der Waals surface area contributed by atoms with Crippen LogP contribution in [0.2, 0.25) is 0 Å². The van der Waals surface area contributed by atoms with Crippen molar-refractivity contribution in [3.05, 3.63) is 29.8 Å². The third-order valence-corrected chi connectivity index (χ3v) is 3.02. The molecule has 0 radical (unpaired) electrons. The van der Waals surface area contributed by atoms with Gasteiger partial charge in [-0.3, -0.25) is 4.79 Å². The van der Waals surface area contributed by atoms with Crippen molar-refractivity contribution in [2.24, 2.45) is 0 Å². The predicted octanol–water partition coefficient (Wildman–Crippen LogP) is 0.298. The van der Waals surface area contributed by atoms with Gasteiger partial charge >= 0.3 is 5.97 Å². The van der Waals surface area contributed by atoms with Crippen LogP contribution >= 0.6 is 0 Å². The number of carboxylic acids is 1. The molecule has 1 fully saturated rings. The standard InChI is InChI=1S/C12H16N2O3/c15-10-3-1-9(2-4-10)6-14-12(5-11(16)17)7-13-8-12/h1-4,13-15H,5-8H2,(H,16,17). The topological polar surface area (TPSA) is 81.6 Å². The smallest absolute Gasteiger partial charge is 0.305 e. The fourth-order valence-corrected chi connectivity index (χ4v) is 1.93. The van der Waals surface area contributed by atoms with Crippen molar-refractivity contribution in [3.63, 3.8) is 0 Å². The zero-order chi connectivity index (χ0) is 12.3. The highest BCUT2D eigenvalue weighted by Crippen LogP contribution is 2.17. The molecule has 5 heteroatoms. The maximum atomic E-state index is 10.8. The molecule has 5 nitrogen and oxygen atoms in total. The fraction of sp³-hybridized carbons (Fsp3) is 0.417. The van der Waals surface area contributed by atoms with Crippen molar-refractivity contribution < 1.29 is 15.0 Å². The summed E-state index contributed by atoms with van der Waals surface area (Å²) in [6.07, 6.45) is 0.123. The Morgan fingerprint density at radius 2 is 2.00 bits per heavy atom. The summed E-state index contributed by atoms with van der Waals surface area (Å²) in [5.74, 6) is -0.552. The number of nitrogens with one attached hydrogen (secondary N) is 2. The summed E-state index contributed by atoms with van der Waals surface area (Å²) in [5.41, 5.74) is 0.698. The van der Waals surface area contributed by atoms with Crippen molar-refractivity contribution >= 4 is 5.97 Å². The molecule has 4 N–H and O–H groups in total. The van der Waals surface area contributed by atoms with E-state index < -0.39 is 5.97 Å². The van der Waals surface area contributed by atoms with E-state index in [9.17, 15) is 4.79 Å². The van der Waals surface area contributed by atoms with Crippen LogP contribution < -0.4 is 10.6 Å². The van der Waals surface area contributed by atoms with Crippen LogP contribution in [0.5, 0.6) is 5.75 Å². The average Bonchev–Trinajstić information content (AvgIpc) is 2.23. The molecule has 0 bridgehead atoms. The molecular weight excluding hydrogens is 220 g/mol. The van der Waals surface area contributed by atoms with Crippen LogP contribution in [0.4, 0.5) is 0 Å². The summed E-state index contributed by atoms with van der Waals surface area (Å²) < 4.78 is 0. The number of phenols is 1. The normalized spacial score (nSPS) is 17.4. The van der Waals surface area contributed by atoms with Gasteiger partial charge in [-0.15, -0.1) is 0 Å². The Morgan fingerprint density at radius 1 is 1.35 bits per heavy atom. The molecule has 0 aromatic heterocycles. The summed E-state index contributed by atoms with van der Waals surface area (Å²) in [7, 11) is 0. The van der Waals surface area contributed by atoms with Gasteiger partial charge in [-0.1, -0.05) is 12.1 Å². The molecule has 1 aromatic carbocycles. The number of aromatic hydroxyl groups is 1. The second-order valence-electron chi connectivity index (χ2n) is 4.47. The molecule has 1 heterocycles. The van der Waals surface area contributed by atoms with Gasteiger partial charge in [-0.25, -0.2) is 0 Å².